The summed E-state index contributed by atoms with van der Waals surface area (Å²) >= 11 is 1.68. The zero-order valence-corrected chi connectivity index (χ0v) is 17.4. The predicted molar refractivity (Wildman–Crippen MR) is 107 cm³/mol. The molecule has 0 aliphatic carbocycles. The van der Waals surface area contributed by atoms with Gasteiger partial charge in [0.05, 0.1) is 17.3 Å². The van der Waals surface area contributed by atoms with Gasteiger partial charge in [0.1, 0.15) is 0 Å². The number of aryl methyl sites for hydroxylation is 1. The molecule has 0 atom stereocenters. The largest absolute Gasteiger partial charge is 0.466 e. The van der Waals surface area contributed by atoms with E-state index in [0.717, 1.165) is 69.1 Å². The number of nitrogens with zero attached hydrogens (tertiary/aromatic N) is 3. The van der Waals surface area contributed by atoms with Crippen LogP contribution in [0.4, 0.5) is 4.79 Å². The molecule has 152 valence electrons. The minimum absolute atomic E-state index is 0.0201. The molecule has 1 aliphatic rings. The van der Waals surface area contributed by atoms with Crippen LogP contribution < -0.4 is 5.32 Å². The summed E-state index contributed by atoms with van der Waals surface area (Å²) in [5.41, 5.74) is 1.12. The predicted octanol–water partition coefficient (Wildman–Crippen LogP) is 2.79. The standard InChI is InChI=1S/C19H32N4O3S/c1-3-26-18(24)8-5-4-6-9-20-19(25)23-11-7-10-22(12-13-23)14-17-15-27-16(2)21-17/h15H,3-14H2,1-2H3,(H,20,25). The first-order valence-electron chi connectivity index (χ1n) is 9.90. The topological polar surface area (TPSA) is 74.8 Å². The fraction of sp³-hybridized carbons (Fsp3) is 0.737. The monoisotopic (exact) mass is 396 g/mol. The lowest BCUT2D eigenvalue weighted by Crippen LogP contribution is -2.42. The fourth-order valence-corrected chi connectivity index (χ4v) is 3.76. The lowest BCUT2D eigenvalue weighted by atomic mass is 10.2. The number of nitrogens with one attached hydrogen (secondary N) is 1. The van der Waals surface area contributed by atoms with Gasteiger partial charge in [0.2, 0.25) is 0 Å². The minimum Gasteiger partial charge on any atom is -0.466 e. The third-order valence-electron chi connectivity index (χ3n) is 4.57. The summed E-state index contributed by atoms with van der Waals surface area (Å²) in [4.78, 5) is 32.4. The van der Waals surface area contributed by atoms with Crippen LogP contribution in [0.5, 0.6) is 0 Å². The number of aromatic nitrogens is 1. The zero-order chi connectivity index (χ0) is 19.5. The van der Waals surface area contributed by atoms with Crippen molar-refractivity contribution in [2.45, 2.75) is 52.5 Å². The van der Waals surface area contributed by atoms with E-state index in [4.69, 9.17) is 4.74 Å². The molecule has 0 spiro atoms. The van der Waals surface area contributed by atoms with Crippen LogP contribution in [0.25, 0.3) is 0 Å². The number of hydrogen-bond acceptors (Lipinski definition) is 6. The molecule has 0 unspecified atom stereocenters. The first-order chi connectivity index (χ1) is 13.1. The summed E-state index contributed by atoms with van der Waals surface area (Å²) in [6, 6.07) is 0.0201. The maximum Gasteiger partial charge on any atom is 0.317 e. The summed E-state index contributed by atoms with van der Waals surface area (Å²) in [6.07, 6.45) is 4.05. The second-order valence-corrected chi connectivity index (χ2v) is 7.88. The van der Waals surface area contributed by atoms with Crippen molar-refractivity contribution in [3.05, 3.63) is 16.1 Å². The van der Waals surface area contributed by atoms with E-state index in [1.807, 2.05) is 18.7 Å². The van der Waals surface area contributed by atoms with Crippen LogP contribution in [0.2, 0.25) is 0 Å². The van der Waals surface area contributed by atoms with Gasteiger partial charge in [-0.15, -0.1) is 11.3 Å². The highest BCUT2D eigenvalue weighted by atomic mass is 32.1. The van der Waals surface area contributed by atoms with Crippen molar-refractivity contribution >= 4 is 23.3 Å². The van der Waals surface area contributed by atoms with Gasteiger partial charge < -0.3 is 15.0 Å². The summed E-state index contributed by atoms with van der Waals surface area (Å²) < 4.78 is 4.90. The fourth-order valence-electron chi connectivity index (χ4n) is 3.15. The van der Waals surface area contributed by atoms with Gasteiger partial charge in [-0.3, -0.25) is 9.69 Å². The highest BCUT2D eigenvalue weighted by molar-refractivity contribution is 7.09. The first-order valence-corrected chi connectivity index (χ1v) is 10.8. The number of carbonyl (C=O) groups is 2. The molecule has 1 fully saturated rings. The lowest BCUT2D eigenvalue weighted by molar-refractivity contribution is -0.143. The van der Waals surface area contributed by atoms with E-state index in [1.165, 1.54) is 0 Å². The molecule has 1 aromatic rings. The molecular formula is C19H32N4O3S. The average Bonchev–Trinajstić information content (AvgIpc) is 2.90. The quantitative estimate of drug-likeness (QED) is 0.513. The second-order valence-electron chi connectivity index (χ2n) is 6.82. The van der Waals surface area contributed by atoms with E-state index in [1.54, 1.807) is 11.3 Å². The number of thiazole rings is 1. The number of carbonyl (C=O) groups excluding carboxylic acids is 2. The van der Waals surface area contributed by atoms with E-state index in [9.17, 15) is 9.59 Å². The average molecular weight is 397 g/mol. The van der Waals surface area contributed by atoms with E-state index < -0.39 is 0 Å². The third-order valence-corrected chi connectivity index (χ3v) is 5.39. The smallest absolute Gasteiger partial charge is 0.317 e. The molecular weight excluding hydrogens is 364 g/mol. The van der Waals surface area contributed by atoms with Crippen molar-refractivity contribution in [1.29, 1.82) is 0 Å². The van der Waals surface area contributed by atoms with Gasteiger partial charge in [0.15, 0.2) is 0 Å². The molecule has 2 rings (SSSR count). The molecule has 0 bridgehead atoms. The van der Waals surface area contributed by atoms with Crippen molar-refractivity contribution < 1.29 is 14.3 Å². The SMILES string of the molecule is CCOC(=O)CCCCCNC(=O)N1CCCN(Cc2csc(C)n2)CC1. The lowest BCUT2D eigenvalue weighted by Gasteiger charge is -2.22. The molecule has 0 radical (unpaired) electrons. The van der Waals surface area contributed by atoms with E-state index >= 15 is 0 Å². The molecule has 2 heterocycles. The summed E-state index contributed by atoms with van der Waals surface area (Å²) in [6.45, 7) is 9.21. The number of esters is 1. The minimum atomic E-state index is -0.136. The Hall–Kier alpha value is -1.67. The Balaban J connectivity index is 1.59. The number of hydrogen-bond donors (Lipinski definition) is 1. The number of urea groups is 1. The van der Waals surface area contributed by atoms with Crippen molar-refractivity contribution in [2.75, 3.05) is 39.3 Å². The van der Waals surface area contributed by atoms with Gasteiger partial charge in [0, 0.05) is 51.1 Å². The number of ether oxygens (including phenoxy) is 1. The molecule has 8 heteroatoms. The normalized spacial score (nSPS) is 15.4. The molecule has 7 nitrogen and oxygen atoms in total. The molecule has 2 amide bonds. The molecule has 1 aromatic heterocycles. The Labute approximate surface area is 166 Å². The van der Waals surface area contributed by atoms with Crippen LogP contribution in [0.3, 0.4) is 0 Å². The third kappa shape index (κ3) is 8.26. The second kappa shape index (κ2) is 11.9. The van der Waals surface area contributed by atoms with Gasteiger partial charge >= 0.3 is 12.0 Å². The van der Waals surface area contributed by atoms with Crippen molar-refractivity contribution in [3.63, 3.8) is 0 Å². The van der Waals surface area contributed by atoms with Gasteiger partial charge in [-0.2, -0.15) is 0 Å². The van der Waals surface area contributed by atoms with Crippen molar-refractivity contribution in [1.82, 2.24) is 20.1 Å². The molecule has 0 aromatic carbocycles. The maximum absolute atomic E-state index is 12.4. The highest BCUT2D eigenvalue weighted by Gasteiger charge is 2.19. The van der Waals surface area contributed by atoms with E-state index in [-0.39, 0.29) is 12.0 Å². The van der Waals surface area contributed by atoms with Gasteiger partial charge in [-0.05, 0) is 33.1 Å². The first kappa shape index (κ1) is 21.6. The van der Waals surface area contributed by atoms with Crippen LogP contribution in [0.1, 0.15) is 49.7 Å². The Kier molecular flexibility index (Phi) is 9.55. The zero-order valence-electron chi connectivity index (χ0n) is 16.5. The number of amides is 2. The number of unbranched alkanes of at least 4 members (excludes halogenated alkanes) is 2. The van der Waals surface area contributed by atoms with Crippen LogP contribution in [-0.4, -0.2) is 66.1 Å². The summed E-state index contributed by atoms with van der Waals surface area (Å²) in [5.74, 6) is -0.136. The van der Waals surface area contributed by atoms with Gasteiger partial charge in [-0.25, -0.2) is 9.78 Å². The molecule has 1 aliphatic heterocycles. The van der Waals surface area contributed by atoms with Crippen LogP contribution in [0, 0.1) is 6.92 Å². The summed E-state index contributed by atoms with van der Waals surface area (Å²) in [7, 11) is 0. The van der Waals surface area contributed by atoms with Crippen molar-refractivity contribution in [2.24, 2.45) is 0 Å². The maximum atomic E-state index is 12.4. The Morgan fingerprint density at radius 1 is 1.22 bits per heavy atom. The van der Waals surface area contributed by atoms with E-state index in [0.29, 0.717) is 19.6 Å². The summed E-state index contributed by atoms with van der Waals surface area (Å²) in [5, 5.41) is 6.22. The molecule has 27 heavy (non-hydrogen) atoms. The van der Waals surface area contributed by atoms with Gasteiger partial charge in [-0.1, -0.05) is 6.42 Å². The van der Waals surface area contributed by atoms with Crippen LogP contribution in [0.15, 0.2) is 5.38 Å². The Morgan fingerprint density at radius 2 is 2.07 bits per heavy atom. The molecule has 0 saturated carbocycles. The van der Waals surface area contributed by atoms with Gasteiger partial charge in [0.25, 0.3) is 0 Å². The molecule has 1 N–H and O–H groups in total. The number of rotatable bonds is 9. The van der Waals surface area contributed by atoms with Crippen molar-refractivity contribution in [3.8, 4) is 0 Å². The Bertz CT molecular complexity index is 593. The highest BCUT2D eigenvalue weighted by Crippen LogP contribution is 2.12. The van der Waals surface area contributed by atoms with Crippen LogP contribution in [-0.2, 0) is 16.1 Å². The van der Waals surface area contributed by atoms with E-state index in [2.05, 4.69) is 20.6 Å². The van der Waals surface area contributed by atoms with Crippen LogP contribution >= 0.6 is 11.3 Å². The molecule has 1 saturated heterocycles. The Morgan fingerprint density at radius 3 is 2.81 bits per heavy atom.